The Morgan fingerprint density at radius 3 is 2.71 bits per heavy atom. The Balaban J connectivity index is 1.17. The summed E-state index contributed by atoms with van der Waals surface area (Å²) in [7, 11) is 3.39. The van der Waals surface area contributed by atoms with Gasteiger partial charge in [0, 0.05) is 51.3 Å². The SMILES string of the molecule is C=CCn1c(N2CCCN(CCC(CN(C)C(=O)c3cc(-c4cn[nH]n4)ccc3OC)c3ccc(Cl)c(Cl)c3)CC2)nc2ccccc21. The van der Waals surface area contributed by atoms with E-state index in [2.05, 4.69) is 54.6 Å². The molecule has 2 aromatic heterocycles. The Hall–Kier alpha value is -4.38. The van der Waals surface area contributed by atoms with Crippen LogP contribution < -0.4 is 9.64 Å². The number of fused-ring (bicyclic) bond motifs is 1. The van der Waals surface area contributed by atoms with Crippen LogP contribution in [0.4, 0.5) is 5.95 Å². The minimum atomic E-state index is -0.143. The van der Waals surface area contributed by atoms with Gasteiger partial charge in [0.05, 0.1) is 39.9 Å². The number of nitrogens with one attached hydrogen (secondary N) is 1. The first-order chi connectivity index (χ1) is 23.4. The van der Waals surface area contributed by atoms with Crippen LogP contribution in [0, 0.1) is 0 Å². The number of H-pyrrole nitrogens is 1. The van der Waals surface area contributed by atoms with Crippen molar-refractivity contribution in [1.82, 2.24) is 34.8 Å². The third kappa shape index (κ3) is 7.36. The lowest BCUT2D eigenvalue weighted by Crippen LogP contribution is -2.35. The van der Waals surface area contributed by atoms with Crippen LogP contribution in [0.2, 0.25) is 10.0 Å². The van der Waals surface area contributed by atoms with Crippen molar-refractivity contribution in [2.24, 2.45) is 0 Å². The summed E-state index contributed by atoms with van der Waals surface area (Å²) in [5.41, 5.74) is 5.06. The van der Waals surface area contributed by atoms with Gasteiger partial charge in [0.1, 0.15) is 11.4 Å². The van der Waals surface area contributed by atoms with Crippen LogP contribution in [-0.2, 0) is 6.54 Å². The molecule has 3 aromatic carbocycles. The number of ether oxygens (including phenoxy) is 1. The van der Waals surface area contributed by atoms with Crippen molar-refractivity contribution in [3.05, 3.63) is 101 Å². The Morgan fingerprint density at radius 1 is 1.08 bits per heavy atom. The third-order valence-corrected chi connectivity index (χ3v) is 9.75. The molecular formula is C36H40Cl2N8O2. The first-order valence-electron chi connectivity index (χ1n) is 16.1. The largest absolute Gasteiger partial charge is 0.496 e. The number of hydrogen-bond acceptors (Lipinski definition) is 7. The van der Waals surface area contributed by atoms with Crippen molar-refractivity contribution in [2.75, 3.05) is 58.3 Å². The number of methoxy groups -OCH3 is 1. The maximum atomic E-state index is 13.9. The smallest absolute Gasteiger partial charge is 0.257 e. The van der Waals surface area contributed by atoms with Gasteiger partial charge in [0.2, 0.25) is 5.95 Å². The lowest BCUT2D eigenvalue weighted by Gasteiger charge is -2.28. The number of carbonyl (C=O) groups is 1. The van der Waals surface area contributed by atoms with Gasteiger partial charge in [0.25, 0.3) is 5.91 Å². The lowest BCUT2D eigenvalue weighted by molar-refractivity contribution is 0.0779. The fraction of sp³-hybridized carbons (Fsp3) is 0.333. The van der Waals surface area contributed by atoms with Crippen LogP contribution in [0.3, 0.4) is 0 Å². The molecule has 3 heterocycles. The molecule has 1 saturated heterocycles. The summed E-state index contributed by atoms with van der Waals surface area (Å²) < 4.78 is 7.83. The molecule has 0 aliphatic carbocycles. The van der Waals surface area contributed by atoms with E-state index in [1.165, 1.54) is 0 Å². The van der Waals surface area contributed by atoms with Gasteiger partial charge in [-0.3, -0.25) is 4.79 Å². The van der Waals surface area contributed by atoms with E-state index >= 15 is 0 Å². The second kappa shape index (κ2) is 15.2. The number of hydrogen-bond donors (Lipinski definition) is 1. The molecule has 0 radical (unpaired) electrons. The fourth-order valence-corrected chi connectivity index (χ4v) is 6.78. The number of benzene rings is 3. The molecule has 1 atom stereocenters. The first kappa shape index (κ1) is 33.5. The van der Waals surface area contributed by atoms with Crippen LogP contribution in [0.1, 0.15) is 34.7 Å². The molecule has 1 unspecified atom stereocenters. The Labute approximate surface area is 290 Å². The summed E-state index contributed by atoms with van der Waals surface area (Å²) in [6.07, 6.45) is 5.41. The normalized spacial score (nSPS) is 14.5. The number of rotatable bonds is 12. The van der Waals surface area contributed by atoms with Crippen molar-refractivity contribution in [3.63, 3.8) is 0 Å². The molecule has 1 aliphatic heterocycles. The van der Waals surface area contributed by atoms with Gasteiger partial charge in [-0.15, -0.1) is 6.58 Å². The molecule has 1 aliphatic rings. The van der Waals surface area contributed by atoms with Crippen molar-refractivity contribution in [1.29, 1.82) is 0 Å². The van der Waals surface area contributed by atoms with Gasteiger partial charge >= 0.3 is 0 Å². The average Bonchev–Trinajstić information content (AvgIpc) is 3.71. The molecule has 48 heavy (non-hydrogen) atoms. The van der Waals surface area contributed by atoms with Gasteiger partial charge < -0.3 is 24.0 Å². The quantitative estimate of drug-likeness (QED) is 0.145. The van der Waals surface area contributed by atoms with E-state index in [0.29, 0.717) is 40.1 Å². The number of anilines is 1. The van der Waals surface area contributed by atoms with Crippen LogP contribution in [0.15, 0.2) is 79.5 Å². The summed E-state index contributed by atoms with van der Waals surface area (Å²) in [5, 5.41) is 11.7. The Kier molecular flexibility index (Phi) is 10.6. The zero-order chi connectivity index (χ0) is 33.6. The number of carbonyl (C=O) groups excluding carboxylic acids is 1. The highest BCUT2D eigenvalue weighted by Crippen LogP contribution is 2.31. The lowest BCUT2D eigenvalue weighted by atomic mass is 9.94. The van der Waals surface area contributed by atoms with E-state index in [9.17, 15) is 4.79 Å². The maximum absolute atomic E-state index is 13.9. The number of amides is 1. The van der Waals surface area contributed by atoms with Gasteiger partial charge in [0.15, 0.2) is 0 Å². The minimum absolute atomic E-state index is 0.0228. The highest BCUT2D eigenvalue weighted by Gasteiger charge is 2.25. The average molecular weight is 688 g/mol. The molecule has 6 rings (SSSR count). The standard InChI is InChI=1S/C36H40Cl2N8O2/c1-4-15-46-33-9-6-5-8-31(33)40-36(46)45-17-7-16-44(19-20-45)18-14-27(25-10-12-29(37)30(38)22-25)24-43(2)35(47)28-21-26(11-13-34(28)48-3)32-23-39-42-41-32/h4-6,8-13,21-23,27H,1,7,14-20,24H2,2-3H3,(H,39,41,42). The highest BCUT2D eigenvalue weighted by molar-refractivity contribution is 6.42. The van der Waals surface area contributed by atoms with E-state index in [1.807, 2.05) is 43.5 Å². The molecule has 10 nitrogen and oxygen atoms in total. The minimum Gasteiger partial charge on any atom is -0.496 e. The molecule has 0 saturated carbocycles. The maximum Gasteiger partial charge on any atom is 0.257 e. The number of allylic oxidation sites excluding steroid dienone is 1. The molecule has 12 heteroatoms. The van der Waals surface area contributed by atoms with Gasteiger partial charge in [-0.05, 0) is 74.0 Å². The number of halogens is 2. The number of para-hydroxylation sites is 2. The number of imidazole rings is 1. The molecule has 1 amide bonds. The monoisotopic (exact) mass is 686 g/mol. The van der Waals surface area contributed by atoms with E-state index < -0.39 is 0 Å². The number of nitrogens with zero attached hydrogens (tertiary/aromatic N) is 7. The molecular weight excluding hydrogens is 647 g/mol. The van der Waals surface area contributed by atoms with Crippen molar-refractivity contribution < 1.29 is 9.53 Å². The summed E-state index contributed by atoms with van der Waals surface area (Å²) in [5.74, 6) is 1.38. The van der Waals surface area contributed by atoms with E-state index in [-0.39, 0.29) is 11.8 Å². The summed E-state index contributed by atoms with van der Waals surface area (Å²) in [6, 6.07) is 19.5. The van der Waals surface area contributed by atoms with E-state index in [0.717, 1.165) is 73.7 Å². The molecule has 250 valence electrons. The van der Waals surface area contributed by atoms with E-state index in [1.54, 1.807) is 30.3 Å². The van der Waals surface area contributed by atoms with Crippen LogP contribution in [-0.4, -0.2) is 94.1 Å². The number of aromatic nitrogens is 5. The third-order valence-electron chi connectivity index (χ3n) is 9.01. The highest BCUT2D eigenvalue weighted by atomic mass is 35.5. The number of aromatic amines is 1. The second-order valence-electron chi connectivity index (χ2n) is 12.1. The van der Waals surface area contributed by atoms with Gasteiger partial charge in [-0.25, -0.2) is 4.98 Å². The Bertz CT molecular complexity index is 1880. The van der Waals surface area contributed by atoms with Crippen LogP contribution >= 0.6 is 23.2 Å². The van der Waals surface area contributed by atoms with Gasteiger partial charge in [-0.1, -0.05) is 47.5 Å². The molecule has 0 bridgehead atoms. The van der Waals surface area contributed by atoms with Crippen molar-refractivity contribution >= 4 is 46.1 Å². The molecule has 1 fully saturated rings. The molecule has 5 aromatic rings. The van der Waals surface area contributed by atoms with Crippen molar-refractivity contribution in [3.8, 4) is 17.0 Å². The fourth-order valence-electron chi connectivity index (χ4n) is 6.47. The van der Waals surface area contributed by atoms with Crippen LogP contribution in [0.25, 0.3) is 22.3 Å². The topological polar surface area (TPSA) is 95.4 Å². The summed E-state index contributed by atoms with van der Waals surface area (Å²) in [4.78, 5) is 25.6. The van der Waals surface area contributed by atoms with Crippen LogP contribution in [0.5, 0.6) is 5.75 Å². The van der Waals surface area contributed by atoms with Crippen molar-refractivity contribution in [2.45, 2.75) is 25.3 Å². The Morgan fingerprint density at radius 2 is 1.94 bits per heavy atom. The molecule has 1 N–H and O–H groups in total. The zero-order valence-corrected chi connectivity index (χ0v) is 28.8. The first-order valence-corrected chi connectivity index (χ1v) is 16.9. The predicted molar refractivity (Wildman–Crippen MR) is 192 cm³/mol. The van der Waals surface area contributed by atoms with E-state index in [4.69, 9.17) is 32.9 Å². The zero-order valence-electron chi connectivity index (χ0n) is 27.3. The second-order valence-corrected chi connectivity index (χ2v) is 12.9. The molecule has 0 spiro atoms. The predicted octanol–water partition coefficient (Wildman–Crippen LogP) is 6.78. The van der Waals surface area contributed by atoms with Gasteiger partial charge in [-0.2, -0.15) is 15.4 Å². The summed E-state index contributed by atoms with van der Waals surface area (Å²) >= 11 is 12.8. The summed E-state index contributed by atoms with van der Waals surface area (Å²) in [6.45, 7) is 9.74. The number of likely N-dealkylation sites (N-methyl/N-ethyl adjacent to an activating group) is 1.